The summed E-state index contributed by atoms with van der Waals surface area (Å²) in [5.74, 6) is 0.0599. The maximum Gasteiger partial charge on any atom is 0.234 e. The van der Waals surface area contributed by atoms with Crippen LogP contribution in [-0.2, 0) is 16.8 Å². The Bertz CT molecular complexity index is 641. The van der Waals surface area contributed by atoms with E-state index in [1.165, 1.54) is 16.0 Å². The van der Waals surface area contributed by atoms with E-state index >= 15 is 0 Å². The fourth-order valence-corrected chi connectivity index (χ4v) is 3.35. The Balaban J connectivity index is 1.84. The van der Waals surface area contributed by atoms with E-state index in [9.17, 15) is 4.79 Å². The quantitative estimate of drug-likeness (QED) is 0.845. The second kappa shape index (κ2) is 7.95. The highest BCUT2D eigenvalue weighted by Gasteiger charge is 2.14. The molecule has 0 saturated heterocycles. The van der Waals surface area contributed by atoms with Gasteiger partial charge in [0.15, 0.2) is 0 Å². The summed E-state index contributed by atoms with van der Waals surface area (Å²) in [6.07, 6.45) is 0. The summed E-state index contributed by atoms with van der Waals surface area (Å²) < 4.78 is 0. The van der Waals surface area contributed by atoms with Crippen LogP contribution in [0.15, 0.2) is 41.8 Å². The summed E-state index contributed by atoms with van der Waals surface area (Å²) >= 11 is 1.67. The van der Waals surface area contributed by atoms with Gasteiger partial charge in [0.25, 0.3) is 0 Å². The van der Waals surface area contributed by atoms with Crippen molar-refractivity contribution in [2.75, 3.05) is 13.6 Å². The molecule has 1 N–H and O–H groups in total. The number of nitrogens with zero attached hydrogens (tertiary/aromatic N) is 1. The van der Waals surface area contributed by atoms with Gasteiger partial charge in [0.1, 0.15) is 0 Å². The Labute approximate surface area is 149 Å². The lowest BCUT2D eigenvalue weighted by atomic mass is 9.87. The van der Waals surface area contributed by atoms with Gasteiger partial charge in [0.05, 0.1) is 12.6 Å². The first-order valence-electron chi connectivity index (χ1n) is 8.36. The van der Waals surface area contributed by atoms with Crippen LogP contribution in [0.25, 0.3) is 0 Å². The lowest BCUT2D eigenvalue weighted by Crippen LogP contribution is -2.36. The molecule has 0 unspecified atom stereocenters. The highest BCUT2D eigenvalue weighted by Crippen LogP contribution is 2.22. The van der Waals surface area contributed by atoms with Crippen LogP contribution in [-0.4, -0.2) is 24.4 Å². The number of thiophene rings is 1. The van der Waals surface area contributed by atoms with Crippen LogP contribution >= 0.6 is 11.3 Å². The van der Waals surface area contributed by atoms with Gasteiger partial charge in [-0.15, -0.1) is 11.3 Å². The molecular formula is C20H28N2OS. The minimum Gasteiger partial charge on any atom is -0.348 e. The monoisotopic (exact) mass is 344 g/mol. The Morgan fingerprint density at radius 1 is 1.21 bits per heavy atom. The molecule has 0 spiro atoms. The summed E-state index contributed by atoms with van der Waals surface area (Å²) in [5.41, 5.74) is 2.73. The second-order valence-corrected chi connectivity index (χ2v) is 8.40. The zero-order valence-corrected chi connectivity index (χ0v) is 16.1. The summed E-state index contributed by atoms with van der Waals surface area (Å²) in [6.45, 7) is 9.84. The van der Waals surface area contributed by atoms with Gasteiger partial charge in [-0.3, -0.25) is 9.69 Å². The summed E-state index contributed by atoms with van der Waals surface area (Å²) in [5, 5.41) is 5.09. The third-order valence-electron chi connectivity index (χ3n) is 4.03. The molecule has 0 aliphatic heterocycles. The van der Waals surface area contributed by atoms with Crippen molar-refractivity contribution in [3.63, 3.8) is 0 Å². The van der Waals surface area contributed by atoms with E-state index in [0.717, 1.165) is 6.54 Å². The van der Waals surface area contributed by atoms with Crippen LogP contribution in [0.1, 0.15) is 49.7 Å². The molecular weight excluding hydrogens is 316 g/mol. The van der Waals surface area contributed by atoms with E-state index < -0.39 is 0 Å². The topological polar surface area (TPSA) is 32.3 Å². The minimum atomic E-state index is 0.0599. The third kappa shape index (κ3) is 5.46. The van der Waals surface area contributed by atoms with Crippen molar-refractivity contribution in [3.05, 3.63) is 57.8 Å². The average molecular weight is 345 g/mol. The van der Waals surface area contributed by atoms with Gasteiger partial charge >= 0.3 is 0 Å². The molecule has 1 aromatic heterocycles. The van der Waals surface area contributed by atoms with Crippen LogP contribution in [0.2, 0.25) is 0 Å². The fraction of sp³-hybridized carbons (Fsp3) is 0.450. The molecule has 0 saturated carbocycles. The smallest absolute Gasteiger partial charge is 0.234 e. The van der Waals surface area contributed by atoms with E-state index in [-0.39, 0.29) is 17.4 Å². The molecule has 4 heteroatoms. The highest BCUT2D eigenvalue weighted by molar-refractivity contribution is 7.10. The fourth-order valence-electron chi connectivity index (χ4n) is 2.62. The first-order valence-corrected chi connectivity index (χ1v) is 9.24. The van der Waals surface area contributed by atoms with Gasteiger partial charge in [-0.25, -0.2) is 0 Å². The number of rotatable bonds is 6. The van der Waals surface area contributed by atoms with E-state index in [1.807, 2.05) is 30.3 Å². The third-order valence-corrected chi connectivity index (χ3v) is 5.09. The van der Waals surface area contributed by atoms with Crippen LogP contribution in [0.5, 0.6) is 0 Å². The highest BCUT2D eigenvalue weighted by atomic mass is 32.1. The largest absolute Gasteiger partial charge is 0.348 e. The molecule has 130 valence electrons. The maximum atomic E-state index is 12.2. The standard InChI is InChI=1S/C20H28N2OS/c1-15(18-7-6-12-24-18)21-19(23)14-22(5)13-16-8-10-17(11-9-16)20(2,3)4/h6-12,15H,13-14H2,1-5H3,(H,21,23)/t15-/m0/s1. The number of amides is 1. The van der Waals surface area contributed by atoms with E-state index in [2.05, 4.69) is 56.4 Å². The molecule has 1 atom stereocenters. The Kier molecular flexibility index (Phi) is 6.19. The van der Waals surface area contributed by atoms with Crippen molar-refractivity contribution in [2.24, 2.45) is 0 Å². The van der Waals surface area contributed by atoms with Crippen molar-refractivity contribution in [3.8, 4) is 0 Å². The van der Waals surface area contributed by atoms with Gasteiger partial charge in [0, 0.05) is 11.4 Å². The summed E-state index contributed by atoms with van der Waals surface area (Å²) in [4.78, 5) is 15.4. The number of hydrogen-bond donors (Lipinski definition) is 1. The predicted octanol–water partition coefficient (Wildman–Crippen LogP) is 4.35. The van der Waals surface area contributed by atoms with Gasteiger partial charge in [-0.05, 0) is 42.0 Å². The van der Waals surface area contributed by atoms with Crippen LogP contribution in [0.4, 0.5) is 0 Å². The lowest BCUT2D eigenvalue weighted by molar-refractivity contribution is -0.122. The number of nitrogens with one attached hydrogen (secondary N) is 1. The molecule has 0 radical (unpaired) electrons. The zero-order chi connectivity index (χ0) is 17.7. The van der Waals surface area contributed by atoms with Gasteiger partial charge in [0.2, 0.25) is 5.91 Å². The van der Waals surface area contributed by atoms with Crippen molar-refractivity contribution in [1.29, 1.82) is 0 Å². The number of hydrogen-bond acceptors (Lipinski definition) is 3. The zero-order valence-electron chi connectivity index (χ0n) is 15.3. The summed E-state index contributed by atoms with van der Waals surface area (Å²) in [7, 11) is 1.98. The molecule has 0 bridgehead atoms. The predicted molar refractivity (Wildman–Crippen MR) is 102 cm³/mol. The molecule has 1 aromatic carbocycles. The molecule has 3 nitrogen and oxygen atoms in total. The van der Waals surface area contributed by atoms with Crippen molar-refractivity contribution < 1.29 is 4.79 Å². The van der Waals surface area contributed by atoms with Crippen LogP contribution in [0, 0.1) is 0 Å². The van der Waals surface area contributed by atoms with Gasteiger partial charge in [-0.1, -0.05) is 51.1 Å². The minimum absolute atomic E-state index is 0.0599. The number of benzene rings is 1. The van der Waals surface area contributed by atoms with Gasteiger partial charge in [-0.2, -0.15) is 0 Å². The molecule has 2 aromatic rings. The number of likely N-dealkylation sites (N-methyl/N-ethyl adjacent to an activating group) is 1. The number of carbonyl (C=O) groups excluding carboxylic acids is 1. The molecule has 24 heavy (non-hydrogen) atoms. The first kappa shape index (κ1) is 18.7. The van der Waals surface area contributed by atoms with Crippen molar-refractivity contribution in [1.82, 2.24) is 10.2 Å². The second-order valence-electron chi connectivity index (χ2n) is 7.42. The van der Waals surface area contributed by atoms with Crippen molar-refractivity contribution in [2.45, 2.75) is 45.7 Å². The van der Waals surface area contributed by atoms with Gasteiger partial charge < -0.3 is 5.32 Å². The molecule has 0 fully saturated rings. The lowest BCUT2D eigenvalue weighted by Gasteiger charge is -2.21. The molecule has 1 heterocycles. The Morgan fingerprint density at radius 3 is 2.42 bits per heavy atom. The average Bonchev–Trinajstić information content (AvgIpc) is 3.00. The summed E-state index contributed by atoms with van der Waals surface area (Å²) in [6, 6.07) is 12.8. The molecule has 2 rings (SSSR count). The van der Waals surface area contributed by atoms with Crippen molar-refractivity contribution >= 4 is 17.2 Å². The Hall–Kier alpha value is -1.65. The Morgan fingerprint density at radius 2 is 1.88 bits per heavy atom. The number of carbonyl (C=O) groups is 1. The molecule has 0 aliphatic rings. The van der Waals surface area contributed by atoms with E-state index in [0.29, 0.717) is 6.54 Å². The molecule has 0 aliphatic carbocycles. The first-order chi connectivity index (χ1) is 11.3. The van der Waals surface area contributed by atoms with E-state index in [4.69, 9.17) is 0 Å². The van der Waals surface area contributed by atoms with Crippen LogP contribution in [0.3, 0.4) is 0 Å². The molecule has 1 amide bonds. The van der Waals surface area contributed by atoms with Crippen LogP contribution < -0.4 is 5.32 Å². The van der Waals surface area contributed by atoms with E-state index in [1.54, 1.807) is 11.3 Å². The SMILES string of the molecule is C[C@H](NC(=O)CN(C)Cc1ccc(C(C)(C)C)cc1)c1cccs1. The maximum absolute atomic E-state index is 12.2. The normalized spacial score (nSPS) is 13.1.